The Morgan fingerprint density at radius 3 is 2.80 bits per heavy atom. The Hall–Kier alpha value is -3.79. The maximum atomic E-state index is 11.6. The molecule has 0 bridgehead atoms. The summed E-state index contributed by atoms with van der Waals surface area (Å²) in [6.45, 7) is 15.5. The average molecular weight is 612 g/mol. The zero-order valence-corrected chi connectivity index (χ0v) is 27.4. The third kappa shape index (κ3) is 6.65. The molecule has 229 valence electrons. The van der Waals surface area contributed by atoms with E-state index in [2.05, 4.69) is 68.2 Å². The van der Waals surface area contributed by atoms with Crippen molar-refractivity contribution >= 4 is 39.2 Å². The van der Waals surface area contributed by atoms with Gasteiger partial charge in [-0.05, 0) is 66.9 Å². The van der Waals surface area contributed by atoms with E-state index >= 15 is 0 Å². The number of rotatable bonds is 10. The largest absolute Gasteiger partial charge is 0.470 e. The fourth-order valence-electron chi connectivity index (χ4n) is 5.30. The van der Waals surface area contributed by atoms with Crippen molar-refractivity contribution in [2.45, 2.75) is 70.2 Å². The van der Waals surface area contributed by atoms with Gasteiger partial charge < -0.3 is 28.8 Å². The number of nitrogens with one attached hydrogen (secondary N) is 1. The number of ether oxygens (including phenoxy) is 2. The van der Waals surface area contributed by atoms with Gasteiger partial charge in [-0.15, -0.1) is 0 Å². The third-order valence-corrected chi connectivity index (χ3v) is 13.3. The summed E-state index contributed by atoms with van der Waals surface area (Å²) in [4.78, 5) is 27.1. The molecule has 4 heterocycles. The third-order valence-electron chi connectivity index (χ3n) is 8.85. The van der Waals surface area contributed by atoms with E-state index in [1.54, 1.807) is 12.4 Å². The maximum Gasteiger partial charge on any atom is 0.329 e. The first-order valence-electron chi connectivity index (χ1n) is 15.0. The van der Waals surface area contributed by atoms with Crippen molar-refractivity contribution < 1.29 is 18.7 Å². The predicted molar refractivity (Wildman–Crippen MR) is 175 cm³/mol. The summed E-state index contributed by atoms with van der Waals surface area (Å²) in [6, 6.07) is 11.8. The van der Waals surface area contributed by atoms with E-state index in [1.807, 2.05) is 29.1 Å². The number of nitriles is 1. The van der Waals surface area contributed by atoms with Crippen molar-refractivity contribution in [2.24, 2.45) is 0 Å². The minimum Gasteiger partial charge on any atom is -0.470 e. The van der Waals surface area contributed by atoms with Gasteiger partial charge in [-0.2, -0.15) is 5.26 Å². The van der Waals surface area contributed by atoms with Crippen LogP contribution in [0.2, 0.25) is 18.1 Å². The predicted octanol–water partition coefficient (Wildman–Crippen LogP) is 5.62. The zero-order chi connectivity index (χ0) is 31.5. The van der Waals surface area contributed by atoms with Crippen LogP contribution in [0.3, 0.4) is 0 Å². The summed E-state index contributed by atoms with van der Waals surface area (Å²) in [5.41, 5.74) is 3.79. The van der Waals surface area contributed by atoms with E-state index in [4.69, 9.17) is 18.9 Å². The normalized spacial score (nSPS) is 20.0. The summed E-state index contributed by atoms with van der Waals surface area (Å²) in [6.07, 6.45) is 5.92. The molecular formula is C32H40BN6O4Si. The van der Waals surface area contributed by atoms with E-state index < -0.39 is 13.7 Å². The molecule has 0 saturated carbocycles. The summed E-state index contributed by atoms with van der Waals surface area (Å²) >= 11 is 0. The molecule has 1 N–H and O–H groups in total. The topological polar surface area (TPSA) is 122 Å². The highest BCUT2D eigenvalue weighted by atomic mass is 28.4. The first-order chi connectivity index (χ1) is 20.9. The van der Waals surface area contributed by atoms with Crippen LogP contribution in [0.4, 0.5) is 17.3 Å². The van der Waals surface area contributed by atoms with E-state index in [1.165, 1.54) is 7.41 Å². The lowest BCUT2D eigenvalue weighted by atomic mass is 9.83. The van der Waals surface area contributed by atoms with Gasteiger partial charge in [0.25, 0.3) is 0 Å². The lowest BCUT2D eigenvalue weighted by Gasteiger charge is -2.39. The zero-order valence-electron chi connectivity index (χ0n) is 26.4. The molecule has 1 saturated heterocycles. The molecule has 2 aromatic heterocycles. The molecule has 1 radical (unpaired) electrons. The smallest absolute Gasteiger partial charge is 0.329 e. The van der Waals surface area contributed by atoms with Crippen LogP contribution in [0, 0.1) is 11.3 Å². The van der Waals surface area contributed by atoms with Crippen LogP contribution in [0.5, 0.6) is 5.88 Å². The summed E-state index contributed by atoms with van der Waals surface area (Å²) in [5, 5.41) is 13.5. The number of anilines is 3. The lowest BCUT2D eigenvalue weighted by Crippen LogP contribution is -2.46. The Bertz CT molecular complexity index is 1550. The maximum absolute atomic E-state index is 11.6. The number of benzene rings is 1. The van der Waals surface area contributed by atoms with Crippen molar-refractivity contribution in [3.05, 3.63) is 53.9 Å². The van der Waals surface area contributed by atoms with Crippen LogP contribution in [-0.4, -0.2) is 69.3 Å². The number of carbonyl (C=O) groups excluding carboxylic acids is 1. The van der Waals surface area contributed by atoms with Crippen LogP contribution in [0.1, 0.15) is 51.7 Å². The van der Waals surface area contributed by atoms with Gasteiger partial charge >= 0.3 is 7.41 Å². The van der Waals surface area contributed by atoms with Crippen molar-refractivity contribution in [3.63, 3.8) is 0 Å². The van der Waals surface area contributed by atoms with Gasteiger partial charge in [-0.25, -0.2) is 15.0 Å². The van der Waals surface area contributed by atoms with Crippen LogP contribution >= 0.6 is 0 Å². The van der Waals surface area contributed by atoms with Crippen molar-refractivity contribution in [1.82, 2.24) is 15.0 Å². The summed E-state index contributed by atoms with van der Waals surface area (Å²) in [5.74, 6) is 0.838. The monoisotopic (exact) mass is 611 g/mol. The number of aromatic nitrogens is 3. The molecular weight excluding hydrogens is 571 g/mol. The molecule has 44 heavy (non-hydrogen) atoms. The molecule has 3 aromatic rings. The van der Waals surface area contributed by atoms with Crippen molar-refractivity contribution in [2.75, 3.05) is 36.5 Å². The van der Waals surface area contributed by atoms with Gasteiger partial charge in [0.15, 0.2) is 8.32 Å². The second-order valence-electron chi connectivity index (χ2n) is 13.3. The Morgan fingerprint density at radius 2 is 2.09 bits per heavy atom. The molecule has 5 rings (SSSR count). The van der Waals surface area contributed by atoms with E-state index in [-0.39, 0.29) is 11.1 Å². The summed E-state index contributed by atoms with van der Waals surface area (Å²) in [7, 11) is -0.562. The van der Waals surface area contributed by atoms with Gasteiger partial charge in [-0.3, -0.25) is 0 Å². The molecule has 0 aliphatic carbocycles. The van der Waals surface area contributed by atoms with Gasteiger partial charge in [0.05, 0.1) is 17.9 Å². The van der Waals surface area contributed by atoms with E-state index in [0.29, 0.717) is 48.5 Å². The van der Waals surface area contributed by atoms with Crippen molar-refractivity contribution in [1.29, 1.82) is 5.26 Å². The number of hydrogen-bond acceptors (Lipinski definition) is 10. The standard InChI is InChI=1S/C32H40BN6O4Si/c1-31(2,3)44(5,6)42-20-32(4)19-39(33-21-40)28-23(17-34)15-22(16-25(28)32)26-11-13-36-30(37-26)38-27-10-7-12-35-29(27)43-24-9-8-14-41-18-24/h7,10-13,15-16,21,24H,8-9,14,18-20H2,1-6H3,(H,36,37,38)/t24-,32+/m0/s1. The molecule has 10 nitrogen and oxygen atoms in total. The Morgan fingerprint density at radius 1 is 1.27 bits per heavy atom. The molecule has 2 aliphatic heterocycles. The Kier molecular flexibility index (Phi) is 9.11. The quantitative estimate of drug-likeness (QED) is 0.228. The van der Waals surface area contributed by atoms with Gasteiger partial charge in [0.1, 0.15) is 24.0 Å². The summed E-state index contributed by atoms with van der Waals surface area (Å²) < 4.78 is 18.4. The minimum absolute atomic E-state index is 0.0484. The van der Waals surface area contributed by atoms with Gasteiger partial charge in [-0.1, -0.05) is 27.7 Å². The first kappa shape index (κ1) is 31.6. The highest BCUT2D eigenvalue weighted by molar-refractivity contribution is 6.74. The molecule has 2 aliphatic rings. The Balaban J connectivity index is 1.47. The SMILES string of the molecule is CC(C)(C)[Si](C)(C)OC[C@@]1(C)CN([B]C=O)c2c(C#N)cc(-c3ccnc(Nc4cccnc4O[C@H]4CCCOC4)n3)cc21. The number of fused-ring (bicyclic) bond motifs is 1. The van der Waals surface area contributed by atoms with Crippen LogP contribution in [0.25, 0.3) is 11.3 Å². The molecule has 0 amide bonds. The van der Waals surface area contributed by atoms with Crippen LogP contribution in [-0.2, 0) is 19.4 Å². The molecule has 2 atom stereocenters. The fourth-order valence-corrected chi connectivity index (χ4v) is 6.41. The van der Waals surface area contributed by atoms with E-state index in [0.717, 1.165) is 42.4 Å². The van der Waals surface area contributed by atoms with Gasteiger partial charge in [0, 0.05) is 48.8 Å². The number of nitrogens with zero attached hydrogens (tertiary/aromatic N) is 5. The second kappa shape index (κ2) is 12.7. The highest BCUT2D eigenvalue weighted by Gasteiger charge is 2.44. The molecule has 12 heteroatoms. The van der Waals surface area contributed by atoms with Crippen molar-refractivity contribution in [3.8, 4) is 23.2 Å². The second-order valence-corrected chi connectivity index (χ2v) is 18.1. The average Bonchev–Trinajstić information content (AvgIpc) is 3.28. The lowest BCUT2D eigenvalue weighted by molar-refractivity contribution is 0.00585. The number of pyridine rings is 1. The van der Waals surface area contributed by atoms with Crippen LogP contribution in [0.15, 0.2) is 42.7 Å². The van der Waals surface area contributed by atoms with E-state index in [9.17, 15) is 10.1 Å². The first-order valence-corrected chi connectivity index (χ1v) is 17.9. The van der Waals surface area contributed by atoms with Gasteiger partial charge in [0.2, 0.25) is 11.8 Å². The fraction of sp³-hybridized carbons (Fsp3) is 0.469. The minimum atomic E-state index is -2.06. The highest BCUT2D eigenvalue weighted by Crippen LogP contribution is 2.46. The molecule has 1 fully saturated rings. The molecule has 0 spiro atoms. The number of carbonyl (C=O) groups is 1. The molecule has 0 unspecified atom stereocenters. The number of hydrogen-bond donors (Lipinski definition) is 1. The van der Waals surface area contributed by atoms with Crippen LogP contribution < -0.4 is 14.9 Å². The molecule has 1 aromatic carbocycles. The Labute approximate surface area is 261 Å².